The van der Waals surface area contributed by atoms with Crippen molar-refractivity contribution in [1.82, 2.24) is 19.9 Å². The Morgan fingerprint density at radius 1 is 1.03 bits per heavy atom. The van der Waals surface area contributed by atoms with Crippen molar-refractivity contribution in [3.8, 4) is 11.6 Å². The molecular weight excluding hydrogens is 402 g/mol. The molecule has 2 aromatic heterocycles. The number of nitrogens with one attached hydrogen (secondary N) is 2. The molecule has 5 rings (SSSR count). The van der Waals surface area contributed by atoms with Crippen LogP contribution in [0.3, 0.4) is 0 Å². The van der Waals surface area contributed by atoms with Crippen molar-refractivity contribution in [2.24, 2.45) is 0 Å². The number of anilines is 4. The van der Waals surface area contributed by atoms with E-state index < -0.39 is 0 Å². The SMILES string of the molecule is Cc1cc(Nc2nc(Oc3ccccc3N)c3cc[nH]c3n2)ccc1N1CCN(C)CC1. The van der Waals surface area contributed by atoms with Gasteiger partial charge in [-0.2, -0.15) is 9.97 Å². The molecule has 1 aliphatic rings. The molecular formula is C24H27N7O. The van der Waals surface area contributed by atoms with E-state index in [1.165, 1.54) is 11.3 Å². The van der Waals surface area contributed by atoms with Crippen LogP contribution in [0.2, 0.25) is 0 Å². The first-order chi connectivity index (χ1) is 15.6. The lowest BCUT2D eigenvalue weighted by molar-refractivity contribution is 0.312. The Balaban J connectivity index is 1.41. The normalized spacial score (nSPS) is 14.6. The van der Waals surface area contributed by atoms with E-state index in [1.54, 1.807) is 6.07 Å². The molecule has 8 heteroatoms. The first-order valence-electron chi connectivity index (χ1n) is 10.8. The number of hydrogen-bond donors (Lipinski definition) is 3. The largest absolute Gasteiger partial charge is 0.436 e. The lowest BCUT2D eigenvalue weighted by Gasteiger charge is -2.35. The average molecular weight is 430 g/mol. The molecule has 8 nitrogen and oxygen atoms in total. The number of aromatic amines is 1. The molecule has 3 heterocycles. The third-order valence-electron chi connectivity index (χ3n) is 5.80. The number of nitrogens with zero attached hydrogens (tertiary/aromatic N) is 4. The van der Waals surface area contributed by atoms with E-state index in [0.29, 0.717) is 28.9 Å². The summed E-state index contributed by atoms with van der Waals surface area (Å²) >= 11 is 0. The van der Waals surface area contributed by atoms with Gasteiger partial charge in [0, 0.05) is 43.8 Å². The van der Waals surface area contributed by atoms with Gasteiger partial charge < -0.3 is 30.6 Å². The van der Waals surface area contributed by atoms with E-state index in [1.807, 2.05) is 30.5 Å². The Morgan fingerprint density at radius 2 is 1.84 bits per heavy atom. The lowest BCUT2D eigenvalue weighted by Crippen LogP contribution is -2.44. The second-order valence-electron chi connectivity index (χ2n) is 8.15. The number of aromatic nitrogens is 3. The van der Waals surface area contributed by atoms with Crippen LogP contribution in [0.4, 0.5) is 23.0 Å². The van der Waals surface area contributed by atoms with Gasteiger partial charge in [0.05, 0.1) is 11.1 Å². The smallest absolute Gasteiger partial charge is 0.233 e. The Morgan fingerprint density at radius 3 is 2.62 bits per heavy atom. The van der Waals surface area contributed by atoms with Crippen molar-refractivity contribution in [3.05, 3.63) is 60.3 Å². The van der Waals surface area contributed by atoms with E-state index >= 15 is 0 Å². The second-order valence-corrected chi connectivity index (χ2v) is 8.15. The van der Waals surface area contributed by atoms with Gasteiger partial charge in [0.15, 0.2) is 5.75 Å². The molecule has 2 aromatic carbocycles. The molecule has 0 spiro atoms. The van der Waals surface area contributed by atoms with Gasteiger partial charge in [-0.05, 0) is 55.9 Å². The topological polar surface area (TPSA) is 95.3 Å². The number of H-pyrrole nitrogens is 1. The summed E-state index contributed by atoms with van der Waals surface area (Å²) in [5, 5.41) is 4.12. The predicted octanol–water partition coefficient (Wildman–Crippen LogP) is 4.14. The number of benzene rings is 2. The summed E-state index contributed by atoms with van der Waals surface area (Å²) in [6.45, 7) is 6.39. The molecule has 164 valence electrons. The van der Waals surface area contributed by atoms with E-state index in [-0.39, 0.29) is 0 Å². The van der Waals surface area contributed by atoms with Crippen LogP contribution in [-0.4, -0.2) is 53.1 Å². The maximum Gasteiger partial charge on any atom is 0.233 e. The average Bonchev–Trinajstić information content (AvgIpc) is 3.25. The van der Waals surface area contributed by atoms with Crippen molar-refractivity contribution in [2.45, 2.75) is 6.92 Å². The van der Waals surface area contributed by atoms with Gasteiger partial charge >= 0.3 is 0 Å². The summed E-state index contributed by atoms with van der Waals surface area (Å²) in [6.07, 6.45) is 1.82. The minimum atomic E-state index is 0.447. The minimum absolute atomic E-state index is 0.447. The highest BCUT2D eigenvalue weighted by Crippen LogP contribution is 2.32. The van der Waals surface area contributed by atoms with E-state index in [4.69, 9.17) is 10.5 Å². The fourth-order valence-electron chi connectivity index (χ4n) is 3.99. The molecule has 0 bridgehead atoms. The van der Waals surface area contributed by atoms with Gasteiger partial charge in [-0.1, -0.05) is 12.1 Å². The van der Waals surface area contributed by atoms with Crippen LogP contribution in [0.15, 0.2) is 54.7 Å². The highest BCUT2D eigenvalue weighted by Gasteiger charge is 2.17. The van der Waals surface area contributed by atoms with Crippen LogP contribution in [0.5, 0.6) is 11.6 Å². The number of ether oxygens (including phenoxy) is 1. The van der Waals surface area contributed by atoms with Crippen molar-refractivity contribution in [3.63, 3.8) is 0 Å². The molecule has 0 aliphatic carbocycles. The maximum absolute atomic E-state index is 6.05. The number of hydrogen-bond acceptors (Lipinski definition) is 7. The standard InChI is InChI=1S/C24H27N7O/c1-16-15-17(7-8-20(16)31-13-11-30(2)12-14-31)27-24-28-22-18(9-10-26-22)23(29-24)32-21-6-4-3-5-19(21)25/h3-10,15H,11-14,25H2,1-2H3,(H2,26,27,28,29). The van der Waals surface area contributed by atoms with E-state index in [9.17, 15) is 0 Å². The first kappa shape index (κ1) is 20.1. The lowest BCUT2D eigenvalue weighted by atomic mass is 10.1. The Kier molecular flexibility index (Phi) is 5.28. The summed E-state index contributed by atoms with van der Waals surface area (Å²) in [7, 11) is 2.17. The molecule has 1 saturated heterocycles. The van der Waals surface area contributed by atoms with Crippen LogP contribution in [0.1, 0.15) is 5.56 Å². The van der Waals surface area contributed by atoms with E-state index in [2.05, 4.69) is 62.2 Å². The zero-order chi connectivity index (χ0) is 22.1. The molecule has 0 amide bonds. The fourth-order valence-corrected chi connectivity index (χ4v) is 3.99. The molecule has 0 atom stereocenters. The van der Waals surface area contributed by atoms with Crippen LogP contribution < -0.4 is 20.7 Å². The Hall–Kier alpha value is -3.78. The van der Waals surface area contributed by atoms with Crippen LogP contribution in [0.25, 0.3) is 11.0 Å². The van der Waals surface area contributed by atoms with Crippen molar-refractivity contribution < 1.29 is 4.74 Å². The van der Waals surface area contributed by atoms with Gasteiger partial charge in [-0.25, -0.2) is 0 Å². The van der Waals surface area contributed by atoms with Gasteiger partial charge in [-0.3, -0.25) is 0 Å². The van der Waals surface area contributed by atoms with Crippen molar-refractivity contribution in [2.75, 3.05) is 49.2 Å². The molecule has 0 unspecified atom stereocenters. The summed E-state index contributed by atoms with van der Waals surface area (Å²) in [6, 6.07) is 15.6. The van der Waals surface area contributed by atoms with Crippen molar-refractivity contribution in [1.29, 1.82) is 0 Å². The summed E-state index contributed by atoms with van der Waals surface area (Å²) in [5.41, 5.74) is 10.7. The molecule has 4 aromatic rings. The third kappa shape index (κ3) is 4.04. The highest BCUT2D eigenvalue weighted by molar-refractivity contribution is 5.83. The quantitative estimate of drug-likeness (QED) is 0.411. The number of para-hydroxylation sites is 2. The molecule has 0 radical (unpaired) electrons. The summed E-state index contributed by atoms with van der Waals surface area (Å²) < 4.78 is 6.04. The van der Waals surface area contributed by atoms with Crippen LogP contribution >= 0.6 is 0 Å². The van der Waals surface area contributed by atoms with Gasteiger partial charge in [0.2, 0.25) is 11.8 Å². The zero-order valence-corrected chi connectivity index (χ0v) is 18.3. The van der Waals surface area contributed by atoms with Gasteiger partial charge in [-0.15, -0.1) is 0 Å². The predicted molar refractivity (Wildman–Crippen MR) is 129 cm³/mol. The second kappa shape index (κ2) is 8.39. The number of nitrogen functional groups attached to an aromatic ring is 1. The Bertz CT molecular complexity index is 1240. The third-order valence-corrected chi connectivity index (χ3v) is 5.80. The fraction of sp³-hybridized carbons (Fsp3) is 0.250. The van der Waals surface area contributed by atoms with E-state index in [0.717, 1.165) is 37.3 Å². The summed E-state index contributed by atoms with van der Waals surface area (Å²) in [4.78, 5) is 17.2. The molecule has 32 heavy (non-hydrogen) atoms. The number of nitrogens with two attached hydrogens (primary N) is 1. The Labute approximate surface area is 187 Å². The minimum Gasteiger partial charge on any atom is -0.436 e. The number of piperazine rings is 1. The van der Waals surface area contributed by atoms with Crippen LogP contribution in [-0.2, 0) is 0 Å². The van der Waals surface area contributed by atoms with Gasteiger partial charge in [0.1, 0.15) is 5.65 Å². The molecule has 1 aliphatic heterocycles. The zero-order valence-electron chi connectivity index (χ0n) is 18.3. The number of rotatable bonds is 5. The summed E-state index contributed by atoms with van der Waals surface area (Å²) in [5.74, 6) is 1.46. The number of aryl methyl sites for hydroxylation is 1. The maximum atomic E-state index is 6.05. The van der Waals surface area contributed by atoms with Crippen molar-refractivity contribution >= 4 is 34.0 Å². The highest BCUT2D eigenvalue weighted by atomic mass is 16.5. The first-order valence-corrected chi connectivity index (χ1v) is 10.8. The van der Waals surface area contributed by atoms with Crippen LogP contribution in [0, 0.1) is 6.92 Å². The molecule has 4 N–H and O–H groups in total. The number of likely N-dealkylation sites (N-methyl/N-ethyl adjacent to an activating group) is 1. The molecule has 1 fully saturated rings. The van der Waals surface area contributed by atoms with Gasteiger partial charge in [0.25, 0.3) is 0 Å². The molecule has 0 saturated carbocycles. The number of fused-ring (bicyclic) bond motifs is 1. The monoisotopic (exact) mass is 429 g/mol.